The van der Waals surface area contributed by atoms with Crippen molar-refractivity contribution in [3.8, 4) is 5.75 Å². The number of nitrogens with one attached hydrogen (secondary N) is 2. The predicted molar refractivity (Wildman–Crippen MR) is 108 cm³/mol. The fourth-order valence-electron chi connectivity index (χ4n) is 3.35. The standard InChI is InChI=1S/C21H23ClN2O4/c1-20(2,3)28-18(25)12-23-21(14-7-5-6-8-17(14)27-4)15-11-13(22)9-10-16(15)24-19(21)26/h5-11,23H,12H2,1-4H3,(H,24,26). The van der Waals surface area contributed by atoms with Crippen LogP contribution in [0.3, 0.4) is 0 Å². The molecule has 1 unspecified atom stereocenters. The van der Waals surface area contributed by atoms with E-state index in [-0.39, 0.29) is 12.5 Å². The van der Waals surface area contributed by atoms with Crippen LogP contribution >= 0.6 is 11.6 Å². The zero-order valence-electron chi connectivity index (χ0n) is 16.3. The smallest absolute Gasteiger partial charge is 0.320 e. The predicted octanol–water partition coefficient (Wildman–Crippen LogP) is 3.48. The lowest BCUT2D eigenvalue weighted by atomic mass is 9.83. The zero-order valence-corrected chi connectivity index (χ0v) is 17.0. The third-order valence-corrected chi connectivity index (χ3v) is 4.64. The van der Waals surface area contributed by atoms with Crippen molar-refractivity contribution in [1.29, 1.82) is 0 Å². The number of halogens is 1. The van der Waals surface area contributed by atoms with Crippen molar-refractivity contribution < 1.29 is 19.1 Å². The average molecular weight is 403 g/mol. The molecule has 7 heteroatoms. The summed E-state index contributed by atoms with van der Waals surface area (Å²) >= 11 is 6.22. The Hall–Kier alpha value is -2.57. The van der Waals surface area contributed by atoms with Gasteiger partial charge in [0.1, 0.15) is 11.4 Å². The SMILES string of the molecule is COc1ccccc1C1(NCC(=O)OC(C)(C)C)C(=O)Nc2ccc(Cl)cc21. The minimum absolute atomic E-state index is 0.172. The molecule has 2 aromatic rings. The zero-order chi connectivity index (χ0) is 20.5. The minimum Gasteiger partial charge on any atom is -0.496 e. The molecule has 148 valence electrons. The molecule has 1 aliphatic heterocycles. The third kappa shape index (κ3) is 3.70. The number of carbonyl (C=O) groups is 2. The Balaban J connectivity index is 2.10. The lowest BCUT2D eigenvalue weighted by molar-refractivity contribution is -0.154. The summed E-state index contributed by atoms with van der Waals surface area (Å²) in [6, 6.07) is 12.3. The van der Waals surface area contributed by atoms with Crippen molar-refractivity contribution in [2.45, 2.75) is 31.9 Å². The van der Waals surface area contributed by atoms with Gasteiger partial charge in [-0.15, -0.1) is 0 Å². The number of anilines is 1. The van der Waals surface area contributed by atoms with Crippen molar-refractivity contribution in [2.24, 2.45) is 0 Å². The quantitative estimate of drug-likeness (QED) is 0.749. The van der Waals surface area contributed by atoms with Crippen LogP contribution in [0.1, 0.15) is 31.9 Å². The Morgan fingerprint density at radius 2 is 1.89 bits per heavy atom. The average Bonchev–Trinajstić information content (AvgIpc) is 2.90. The minimum atomic E-state index is -1.34. The summed E-state index contributed by atoms with van der Waals surface area (Å²) in [5.41, 5.74) is -0.145. The van der Waals surface area contributed by atoms with Crippen LogP contribution in [0.15, 0.2) is 42.5 Å². The molecule has 1 amide bonds. The topological polar surface area (TPSA) is 76.7 Å². The van der Waals surface area contributed by atoms with Crippen molar-refractivity contribution in [1.82, 2.24) is 5.32 Å². The summed E-state index contributed by atoms with van der Waals surface area (Å²) in [6.45, 7) is 5.20. The fraction of sp³-hybridized carbons (Fsp3) is 0.333. The van der Waals surface area contributed by atoms with E-state index in [9.17, 15) is 9.59 Å². The van der Waals surface area contributed by atoms with Crippen molar-refractivity contribution in [3.63, 3.8) is 0 Å². The molecule has 0 bridgehead atoms. The van der Waals surface area contributed by atoms with Gasteiger partial charge in [0, 0.05) is 21.8 Å². The molecule has 0 aliphatic carbocycles. The van der Waals surface area contributed by atoms with Crippen LogP contribution in [0, 0.1) is 0 Å². The highest BCUT2D eigenvalue weighted by molar-refractivity contribution is 6.31. The largest absolute Gasteiger partial charge is 0.496 e. The monoisotopic (exact) mass is 402 g/mol. The summed E-state index contributed by atoms with van der Waals surface area (Å²) in [7, 11) is 1.53. The van der Waals surface area contributed by atoms with Crippen molar-refractivity contribution in [2.75, 3.05) is 19.0 Å². The number of rotatable bonds is 5. The van der Waals surface area contributed by atoms with Gasteiger partial charge in [0.15, 0.2) is 5.54 Å². The van der Waals surface area contributed by atoms with E-state index in [4.69, 9.17) is 21.1 Å². The van der Waals surface area contributed by atoms with Gasteiger partial charge in [0.2, 0.25) is 0 Å². The summed E-state index contributed by atoms with van der Waals surface area (Å²) in [5.74, 6) is -0.273. The number of para-hydroxylation sites is 1. The van der Waals surface area contributed by atoms with Crippen LogP contribution in [0.2, 0.25) is 5.02 Å². The second-order valence-electron chi connectivity index (χ2n) is 7.53. The molecule has 0 saturated carbocycles. The Morgan fingerprint density at radius 3 is 2.57 bits per heavy atom. The molecule has 1 atom stereocenters. The molecule has 0 saturated heterocycles. The van der Waals surface area contributed by atoms with Gasteiger partial charge in [-0.1, -0.05) is 29.8 Å². The maximum absolute atomic E-state index is 13.2. The lowest BCUT2D eigenvalue weighted by Crippen LogP contribution is -2.51. The molecule has 6 nitrogen and oxygen atoms in total. The molecule has 3 rings (SSSR count). The van der Waals surface area contributed by atoms with Gasteiger partial charge in [-0.25, -0.2) is 0 Å². The van der Waals surface area contributed by atoms with E-state index in [1.54, 1.807) is 51.1 Å². The first-order chi connectivity index (χ1) is 13.2. The van der Waals surface area contributed by atoms with Crippen molar-refractivity contribution >= 4 is 29.2 Å². The number of amides is 1. The maximum Gasteiger partial charge on any atom is 0.320 e. The van der Waals surface area contributed by atoms with Gasteiger partial charge < -0.3 is 14.8 Å². The van der Waals surface area contributed by atoms with E-state index < -0.39 is 17.1 Å². The number of carbonyl (C=O) groups excluding carboxylic acids is 2. The van der Waals surface area contributed by atoms with Crippen LogP contribution in [0.5, 0.6) is 5.75 Å². The number of ether oxygens (including phenoxy) is 2. The highest BCUT2D eigenvalue weighted by Gasteiger charge is 2.50. The number of esters is 1. The Labute approximate surface area is 169 Å². The van der Waals surface area contributed by atoms with Gasteiger partial charge in [-0.05, 0) is 45.0 Å². The summed E-state index contributed by atoms with van der Waals surface area (Å²) in [6.07, 6.45) is 0. The molecule has 0 fully saturated rings. The summed E-state index contributed by atoms with van der Waals surface area (Å²) in [5, 5.41) is 6.47. The highest BCUT2D eigenvalue weighted by atomic mass is 35.5. The summed E-state index contributed by atoms with van der Waals surface area (Å²) in [4.78, 5) is 25.6. The lowest BCUT2D eigenvalue weighted by Gasteiger charge is -2.31. The Kier molecular flexibility index (Phi) is 5.37. The van der Waals surface area contributed by atoms with Crippen LogP contribution in [0.25, 0.3) is 0 Å². The van der Waals surface area contributed by atoms with E-state index in [0.717, 1.165) is 0 Å². The van der Waals surface area contributed by atoms with E-state index in [1.807, 2.05) is 12.1 Å². The van der Waals surface area contributed by atoms with E-state index in [2.05, 4.69) is 10.6 Å². The fourth-order valence-corrected chi connectivity index (χ4v) is 3.52. The van der Waals surface area contributed by atoms with Crippen LogP contribution in [-0.4, -0.2) is 31.1 Å². The van der Waals surface area contributed by atoms with Crippen LogP contribution in [-0.2, 0) is 19.9 Å². The number of methoxy groups -OCH3 is 1. The molecular weight excluding hydrogens is 380 g/mol. The van der Waals surface area contributed by atoms with Gasteiger partial charge in [-0.3, -0.25) is 14.9 Å². The number of fused-ring (bicyclic) bond motifs is 1. The maximum atomic E-state index is 13.2. The molecule has 0 aromatic heterocycles. The van der Waals surface area contributed by atoms with Crippen molar-refractivity contribution in [3.05, 3.63) is 58.6 Å². The first kappa shape index (κ1) is 20.2. The van der Waals surface area contributed by atoms with Gasteiger partial charge >= 0.3 is 5.97 Å². The van der Waals surface area contributed by atoms with Gasteiger partial charge in [0.25, 0.3) is 5.91 Å². The first-order valence-corrected chi connectivity index (χ1v) is 9.27. The summed E-state index contributed by atoms with van der Waals surface area (Å²) < 4.78 is 10.9. The van der Waals surface area contributed by atoms with Gasteiger partial charge in [-0.2, -0.15) is 0 Å². The van der Waals surface area contributed by atoms with Crippen LogP contribution < -0.4 is 15.4 Å². The number of hydrogen-bond donors (Lipinski definition) is 2. The molecular formula is C21H23ClN2O4. The molecule has 2 N–H and O–H groups in total. The molecule has 2 aromatic carbocycles. The second kappa shape index (κ2) is 7.45. The Bertz CT molecular complexity index is 923. The molecule has 1 aliphatic rings. The molecule has 0 spiro atoms. The molecule has 0 radical (unpaired) electrons. The van der Waals surface area contributed by atoms with Gasteiger partial charge in [0.05, 0.1) is 13.7 Å². The number of benzene rings is 2. The second-order valence-corrected chi connectivity index (χ2v) is 7.97. The number of hydrogen-bond acceptors (Lipinski definition) is 5. The third-order valence-electron chi connectivity index (χ3n) is 4.40. The van der Waals surface area contributed by atoms with E-state index in [0.29, 0.717) is 27.6 Å². The highest BCUT2D eigenvalue weighted by Crippen LogP contribution is 2.45. The molecule has 28 heavy (non-hydrogen) atoms. The van der Waals surface area contributed by atoms with Crippen LogP contribution in [0.4, 0.5) is 5.69 Å². The molecule has 1 heterocycles. The van der Waals surface area contributed by atoms with E-state index in [1.165, 1.54) is 7.11 Å². The Morgan fingerprint density at radius 1 is 1.18 bits per heavy atom. The van der Waals surface area contributed by atoms with E-state index >= 15 is 0 Å². The normalized spacial score (nSPS) is 18.4. The first-order valence-electron chi connectivity index (χ1n) is 8.89.